The van der Waals surface area contributed by atoms with Gasteiger partial charge in [-0.3, -0.25) is 0 Å². The Morgan fingerprint density at radius 1 is 0.621 bits per heavy atom. The Hall–Kier alpha value is 3.98. The maximum absolute atomic E-state index is 10.2. The van der Waals surface area contributed by atoms with E-state index in [-0.39, 0.29) is 139 Å². The van der Waals surface area contributed by atoms with E-state index in [2.05, 4.69) is 6.92 Å². The number of unbranched alkanes of at least 4 members (excludes halogenated alkanes) is 14. The summed E-state index contributed by atoms with van der Waals surface area (Å²) in [6.07, 6.45) is 19.9. The van der Waals surface area contributed by atoms with Gasteiger partial charge in [0.1, 0.15) is 0 Å². The molecule has 0 heterocycles. The van der Waals surface area contributed by atoms with Crippen LogP contribution in [0, 0.1) is 0 Å². The smallest absolute Gasteiger partial charge is 0.822 e. The Bertz CT molecular complexity index is 341. The molecule has 29 heavy (non-hydrogen) atoms. The van der Waals surface area contributed by atoms with Gasteiger partial charge < -0.3 is 29.1 Å². The number of rotatable bonds is 16. The van der Waals surface area contributed by atoms with E-state index in [0.29, 0.717) is 0 Å². The number of hydrogen-bond acceptors (Lipinski definition) is 6. The Morgan fingerprint density at radius 3 is 1.03 bits per heavy atom. The molecule has 152 valence electrons. The normalized spacial score (nSPS) is 9.52. The van der Waals surface area contributed by atoms with E-state index in [9.17, 15) is 9.90 Å². The molecule has 0 aliphatic carbocycles. The molecule has 0 aromatic carbocycles. The standard InChI is InChI=1S/C18H36O2.3Ca.H3O4P.Zn/c1-2-3-4-5-6-7-8-9-10-11-12-13-14-15-16-17-18(19)20;;;;1-5(2,3)4;/h2-17H2,1H3,(H,19,20);;;;(H3,1,2,3,4);/q;3*+2;;+2/p-4. The molecule has 0 fully saturated rings. The molecule has 0 rings (SSSR count). The van der Waals surface area contributed by atoms with Crippen LogP contribution in [0.25, 0.3) is 0 Å². The number of carbonyl (C=O) groups is 1. The summed E-state index contributed by atoms with van der Waals surface area (Å²) in [4.78, 5) is 35.9. The van der Waals surface area contributed by atoms with Gasteiger partial charge in [0, 0.05) is 5.97 Å². The van der Waals surface area contributed by atoms with E-state index in [1.54, 1.807) is 0 Å². The molecule has 0 aromatic rings. The van der Waals surface area contributed by atoms with E-state index in [1.165, 1.54) is 83.5 Å². The number of hydrogen-bond donors (Lipinski definition) is 0. The van der Waals surface area contributed by atoms with Crippen LogP contribution in [0.2, 0.25) is 0 Å². The third-order valence-electron chi connectivity index (χ3n) is 3.98. The van der Waals surface area contributed by atoms with Crippen molar-refractivity contribution in [3.8, 4) is 0 Å². The SMILES string of the molecule is CCCCCCCCCCCCCCCCCC(=O)[O-].O=P([O-])([O-])[O-].[Ca+2].[Ca+2].[Ca+2].[Zn+2]. The molecule has 11 heteroatoms. The van der Waals surface area contributed by atoms with Crippen molar-refractivity contribution >= 4 is 127 Å². The van der Waals surface area contributed by atoms with E-state index in [1.807, 2.05) is 0 Å². The summed E-state index contributed by atoms with van der Waals surface area (Å²) in [6, 6.07) is 0. The summed E-state index contributed by atoms with van der Waals surface area (Å²) in [5.41, 5.74) is 0. The van der Waals surface area contributed by atoms with Crippen LogP contribution in [0.1, 0.15) is 110 Å². The minimum absolute atomic E-state index is 0. The number of carboxylic acid groups (broad SMARTS) is 1. The second-order valence-corrected chi connectivity index (χ2v) is 7.41. The molecule has 0 saturated heterocycles. The zero-order valence-electron chi connectivity index (χ0n) is 18.5. The monoisotopic (exact) mass is 562 g/mol. The van der Waals surface area contributed by atoms with Crippen molar-refractivity contribution in [1.82, 2.24) is 0 Å². The van der Waals surface area contributed by atoms with Crippen LogP contribution < -0.4 is 19.8 Å². The second kappa shape index (κ2) is 36.5. The first-order chi connectivity index (χ1) is 11.8. The topological polar surface area (TPSA) is 126 Å². The average Bonchev–Trinajstić information content (AvgIpc) is 2.49. The van der Waals surface area contributed by atoms with E-state index in [4.69, 9.17) is 19.2 Å². The van der Waals surface area contributed by atoms with Gasteiger partial charge in [0.05, 0.1) is 0 Å². The van der Waals surface area contributed by atoms with Crippen molar-refractivity contribution in [2.24, 2.45) is 0 Å². The Morgan fingerprint density at radius 2 is 0.828 bits per heavy atom. The number of aliphatic carboxylic acids is 1. The molecule has 0 N–H and O–H groups in total. The van der Waals surface area contributed by atoms with Crippen LogP contribution in [0.3, 0.4) is 0 Å². The fraction of sp³-hybridized carbons (Fsp3) is 0.944. The van der Waals surface area contributed by atoms with Crippen LogP contribution >= 0.6 is 7.82 Å². The zero-order valence-corrected chi connectivity index (χ0v) is 29.0. The van der Waals surface area contributed by atoms with Gasteiger partial charge in [-0.15, -0.1) is 0 Å². The molecule has 0 bridgehead atoms. The fourth-order valence-corrected chi connectivity index (χ4v) is 2.64. The van der Waals surface area contributed by atoms with Gasteiger partial charge in [-0.2, -0.15) is 7.82 Å². The fourth-order valence-electron chi connectivity index (χ4n) is 2.64. The minimum atomic E-state index is -5.39. The van der Waals surface area contributed by atoms with Crippen LogP contribution in [0.5, 0.6) is 0 Å². The minimum Gasteiger partial charge on any atom is -0.822 e. The first kappa shape index (κ1) is 46.3. The maximum atomic E-state index is 10.2. The first-order valence-electron chi connectivity index (χ1n) is 9.70. The van der Waals surface area contributed by atoms with Crippen molar-refractivity contribution in [1.29, 1.82) is 0 Å². The molecule has 6 nitrogen and oxygen atoms in total. The first-order valence-corrected chi connectivity index (χ1v) is 11.2. The average molecular weight is 564 g/mol. The summed E-state index contributed by atoms with van der Waals surface area (Å²) < 4.78 is 8.55. The second-order valence-electron chi connectivity index (χ2n) is 6.52. The molecule has 0 radical (unpaired) electrons. The van der Waals surface area contributed by atoms with Crippen molar-refractivity contribution in [3.05, 3.63) is 0 Å². The molecule has 0 atom stereocenters. The van der Waals surface area contributed by atoms with Gasteiger partial charge >= 0.3 is 133 Å². The predicted octanol–water partition coefficient (Wildman–Crippen LogP) is 1.03. The van der Waals surface area contributed by atoms with E-state index < -0.39 is 13.8 Å². The number of carboxylic acids is 1. The molecule has 0 unspecified atom stereocenters. The van der Waals surface area contributed by atoms with Crippen molar-refractivity contribution in [3.63, 3.8) is 0 Å². The van der Waals surface area contributed by atoms with Gasteiger partial charge in [0.2, 0.25) is 0 Å². The van der Waals surface area contributed by atoms with Crippen LogP contribution in [0.15, 0.2) is 0 Å². The zero-order chi connectivity index (χ0) is 19.4. The van der Waals surface area contributed by atoms with E-state index >= 15 is 0 Å². The number of phosphoric acid groups is 1. The maximum Gasteiger partial charge on any atom is 2.00 e. The molecule has 0 amide bonds. The van der Waals surface area contributed by atoms with Gasteiger partial charge in [-0.1, -0.05) is 96.8 Å². The Labute approximate surface area is 280 Å². The summed E-state index contributed by atoms with van der Waals surface area (Å²) in [7, 11) is -5.39. The van der Waals surface area contributed by atoms with Crippen molar-refractivity contribution < 1.29 is 48.6 Å². The van der Waals surface area contributed by atoms with Crippen LogP contribution in [-0.4, -0.2) is 119 Å². The molecule has 0 aromatic heterocycles. The molecule has 0 aliphatic heterocycles. The van der Waals surface area contributed by atoms with E-state index in [0.717, 1.165) is 12.8 Å². The van der Waals surface area contributed by atoms with Gasteiger partial charge in [-0.05, 0) is 12.8 Å². The van der Waals surface area contributed by atoms with Gasteiger partial charge in [0.15, 0.2) is 0 Å². The summed E-state index contributed by atoms with van der Waals surface area (Å²) in [5, 5.41) is 10.2. The summed E-state index contributed by atoms with van der Waals surface area (Å²) in [6.45, 7) is 2.27. The quantitative estimate of drug-likeness (QED) is 0.157. The molecular weight excluding hydrogens is 529 g/mol. The van der Waals surface area contributed by atoms with Crippen molar-refractivity contribution in [2.45, 2.75) is 110 Å². The molecular formula is C18H35Ca3O6PZn+4. The molecule has 0 spiro atoms. The number of carbonyl (C=O) groups excluding carboxylic acids is 1. The molecule has 0 saturated carbocycles. The Kier molecular flexibility index (Phi) is 58.4. The third kappa shape index (κ3) is 65.3. The molecule has 0 aliphatic rings. The predicted molar refractivity (Wildman–Crippen MR) is 109 cm³/mol. The van der Waals surface area contributed by atoms with Crippen molar-refractivity contribution in [2.75, 3.05) is 0 Å². The van der Waals surface area contributed by atoms with Crippen LogP contribution in [0.4, 0.5) is 0 Å². The Balaban J connectivity index is -0.000000131. The van der Waals surface area contributed by atoms with Crippen LogP contribution in [-0.2, 0) is 28.8 Å². The summed E-state index contributed by atoms with van der Waals surface area (Å²) in [5.74, 6) is -0.903. The largest absolute Gasteiger partial charge is 2.00 e. The summed E-state index contributed by atoms with van der Waals surface area (Å²) >= 11 is 0. The van der Waals surface area contributed by atoms with Gasteiger partial charge in [-0.25, -0.2) is 0 Å². The van der Waals surface area contributed by atoms with Gasteiger partial charge in [0.25, 0.3) is 0 Å². The third-order valence-corrected chi connectivity index (χ3v) is 3.98.